The summed E-state index contributed by atoms with van der Waals surface area (Å²) in [5.74, 6) is 0.741. The molecule has 0 aliphatic heterocycles. The normalized spacial score (nSPS) is 22.8. The van der Waals surface area contributed by atoms with E-state index in [0.29, 0.717) is 18.5 Å². The van der Waals surface area contributed by atoms with E-state index in [-0.39, 0.29) is 5.91 Å². The molecule has 1 amide bonds. The van der Waals surface area contributed by atoms with Crippen LogP contribution in [0.15, 0.2) is 30.3 Å². The van der Waals surface area contributed by atoms with Crippen LogP contribution in [-0.4, -0.2) is 25.5 Å². The lowest BCUT2D eigenvalue weighted by Gasteiger charge is -2.30. The lowest BCUT2D eigenvalue weighted by atomic mass is 9.86. The molecule has 2 atom stereocenters. The minimum absolute atomic E-state index is 0.130. The number of carbonyl (C=O) groups is 1. The number of hydrogen-bond donors (Lipinski definition) is 1. The van der Waals surface area contributed by atoms with Gasteiger partial charge in [0.05, 0.1) is 6.54 Å². The number of anilines is 1. The number of nitrogens with zero attached hydrogens (tertiary/aromatic N) is 1. The summed E-state index contributed by atoms with van der Waals surface area (Å²) in [7, 11) is 1.96. The summed E-state index contributed by atoms with van der Waals surface area (Å²) in [4.78, 5) is 14.1. The van der Waals surface area contributed by atoms with Crippen LogP contribution >= 0.6 is 0 Å². The lowest BCUT2D eigenvalue weighted by molar-refractivity contribution is -0.121. The molecule has 1 saturated carbocycles. The van der Waals surface area contributed by atoms with E-state index < -0.39 is 0 Å². The number of nitrogens with one attached hydrogen (secondary N) is 1. The van der Waals surface area contributed by atoms with Crippen LogP contribution in [0.1, 0.15) is 32.6 Å². The van der Waals surface area contributed by atoms with Gasteiger partial charge in [0.15, 0.2) is 0 Å². The van der Waals surface area contributed by atoms with Gasteiger partial charge >= 0.3 is 0 Å². The molecule has 0 bridgehead atoms. The molecular weight excluding hydrogens is 236 g/mol. The van der Waals surface area contributed by atoms with Gasteiger partial charge in [-0.15, -0.1) is 0 Å². The largest absolute Gasteiger partial charge is 0.365 e. The second-order valence-electron chi connectivity index (χ2n) is 5.63. The summed E-state index contributed by atoms with van der Waals surface area (Å²) >= 11 is 0. The van der Waals surface area contributed by atoms with E-state index in [1.165, 1.54) is 19.3 Å². The van der Waals surface area contributed by atoms with Gasteiger partial charge in [0.1, 0.15) is 0 Å². The fourth-order valence-electron chi connectivity index (χ4n) is 2.77. The molecule has 3 nitrogen and oxygen atoms in total. The second kappa shape index (κ2) is 6.60. The maximum Gasteiger partial charge on any atom is 0.239 e. The van der Waals surface area contributed by atoms with E-state index in [0.717, 1.165) is 12.1 Å². The van der Waals surface area contributed by atoms with Crippen molar-refractivity contribution in [3.63, 3.8) is 0 Å². The Labute approximate surface area is 116 Å². The minimum Gasteiger partial charge on any atom is -0.365 e. The molecule has 0 aromatic heterocycles. The molecule has 1 aromatic carbocycles. The second-order valence-corrected chi connectivity index (χ2v) is 5.63. The van der Waals surface area contributed by atoms with Gasteiger partial charge in [0, 0.05) is 18.8 Å². The molecule has 1 fully saturated rings. The van der Waals surface area contributed by atoms with Gasteiger partial charge in [-0.25, -0.2) is 0 Å². The number of likely N-dealkylation sites (N-methyl/N-ethyl adjacent to an activating group) is 1. The summed E-state index contributed by atoms with van der Waals surface area (Å²) in [6, 6.07) is 10.4. The van der Waals surface area contributed by atoms with E-state index in [2.05, 4.69) is 12.2 Å². The Hall–Kier alpha value is -1.51. The molecule has 1 aliphatic rings. The van der Waals surface area contributed by atoms with E-state index in [9.17, 15) is 4.79 Å². The Morgan fingerprint density at radius 3 is 2.63 bits per heavy atom. The van der Waals surface area contributed by atoms with Crippen LogP contribution in [0.3, 0.4) is 0 Å². The molecule has 3 heteroatoms. The maximum atomic E-state index is 12.1. The average Bonchev–Trinajstić information content (AvgIpc) is 2.42. The molecule has 1 aliphatic carbocycles. The zero-order chi connectivity index (χ0) is 13.7. The maximum absolute atomic E-state index is 12.1. The Balaban J connectivity index is 1.84. The SMILES string of the molecule is CC1CCCCC1NC(=O)CN(C)c1ccccc1. The van der Waals surface area contributed by atoms with Crippen LogP contribution in [0.5, 0.6) is 0 Å². The van der Waals surface area contributed by atoms with Gasteiger partial charge in [-0.1, -0.05) is 38.0 Å². The highest BCUT2D eigenvalue weighted by Crippen LogP contribution is 2.23. The summed E-state index contributed by atoms with van der Waals surface area (Å²) in [5, 5.41) is 3.19. The Bertz CT molecular complexity index is 404. The fraction of sp³-hybridized carbons (Fsp3) is 0.562. The standard InChI is InChI=1S/C16H24N2O/c1-13-8-6-7-11-15(13)17-16(19)12-18(2)14-9-4-3-5-10-14/h3-5,9-10,13,15H,6-8,11-12H2,1-2H3,(H,17,19). The van der Waals surface area contributed by atoms with Crippen molar-refractivity contribution < 1.29 is 4.79 Å². The highest BCUT2D eigenvalue weighted by molar-refractivity contribution is 5.81. The molecule has 0 spiro atoms. The summed E-state index contributed by atoms with van der Waals surface area (Å²) in [5.41, 5.74) is 1.08. The molecule has 0 heterocycles. The lowest BCUT2D eigenvalue weighted by Crippen LogP contribution is -2.45. The Kier molecular flexibility index (Phi) is 4.83. The van der Waals surface area contributed by atoms with Crippen molar-refractivity contribution in [1.82, 2.24) is 5.32 Å². The van der Waals surface area contributed by atoms with Crippen LogP contribution in [0.4, 0.5) is 5.69 Å². The zero-order valence-corrected chi connectivity index (χ0v) is 11.9. The van der Waals surface area contributed by atoms with E-state index >= 15 is 0 Å². The van der Waals surface area contributed by atoms with E-state index in [4.69, 9.17) is 0 Å². The third kappa shape index (κ3) is 3.98. The number of rotatable bonds is 4. The first-order valence-corrected chi connectivity index (χ1v) is 7.22. The fourth-order valence-corrected chi connectivity index (χ4v) is 2.77. The smallest absolute Gasteiger partial charge is 0.239 e. The predicted octanol–water partition coefficient (Wildman–Crippen LogP) is 2.82. The molecular formula is C16H24N2O. The number of hydrogen-bond acceptors (Lipinski definition) is 2. The highest BCUT2D eigenvalue weighted by atomic mass is 16.2. The van der Waals surface area contributed by atoms with Crippen LogP contribution in [0.25, 0.3) is 0 Å². The van der Waals surface area contributed by atoms with Gasteiger partial charge in [0.2, 0.25) is 5.91 Å². The van der Waals surface area contributed by atoms with Gasteiger partial charge in [-0.05, 0) is 30.9 Å². The van der Waals surface area contributed by atoms with Crippen LogP contribution < -0.4 is 10.2 Å². The molecule has 2 rings (SSSR count). The van der Waals surface area contributed by atoms with Crippen LogP contribution in [0, 0.1) is 5.92 Å². The van der Waals surface area contributed by atoms with Crippen molar-refractivity contribution in [3.05, 3.63) is 30.3 Å². The van der Waals surface area contributed by atoms with Crippen molar-refractivity contribution in [1.29, 1.82) is 0 Å². The van der Waals surface area contributed by atoms with Crippen molar-refractivity contribution in [2.75, 3.05) is 18.5 Å². The number of carbonyl (C=O) groups excluding carboxylic acids is 1. The quantitative estimate of drug-likeness (QED) is 0.903. The molecule has 1 aromatic rings. The molecule has 104 valence electrons. The van der Waals surface area contributed by atoms with Gasteiger partial charge < -0.3 is 10.2 Å². The predicted molar refractivity (Wildman–Crippen MR) is 79.3 cm³/mol. The average molecular weight is 260 g/mol. The summed E-state index contributed by atoms with van der Waals surface area (Å²) < 4.78 is 0. The van der Waals surface area contributed by atoms with Gasteiger partial charge in [-0.2, -0.15) is 0 Å². The third-order valence-electron chi connectivity index (χ3n) is 4.04. The number of benzene rings is 1. The third-order valence-corrected chi connectivity index (χ3v) is 4.04. The van der Waals surface area contributed by atoms with Crippen LogP contribution in [-0.2, 0) is 4.79 Å². The number of para-hydroxylation sites is 1. The number of amides is 1. The Morgan fingerprint density at radius 2 is 1.95 bits per heavy atom. The minimum atomic E-state index is 0.130. The van der Waals surface area contributed by atoms with Crippen molar-refractivity contribution in [3.8, 4) is 0 Å². The molecule has 19 heavy (non-hydrogen) atoms. The molecule has 0 radical (unpaired) electrons. The van der Waals surface area contributed by atoms with E-state index in [1.54, 1.807) is 0 Å². The van der Waals surface area contributed by atoms with Crippen molar-refractivity contribution in [2.24, 2.45) is 5.92 Å². The first-order valence-electron chi connectivity index (χ1n) is 7.22. The monoisotopic (exact) mass is 260 g/mol. The van der Waals surface area contributed by atoms with Crippen molar-refractivity contribution in [2.45, 2.75) is 38.6 Å². The molecule has 2 unspecified atom stereocenters. The zero-order valence-electron chi connectivity index (χ0n) is 11.9. The van der Waals surface area contributed by atoms with E-state index in [1.807, 2.05) is 42.3 Å². The van der Waals surface area contributed by atoms with Crippen LogP contribution in [0.2, 0.25) is 0 Å². The van der Waals surface area contributed by atoms with Gasteiger partial charge in [0.25, 0.3) is 0 Å². The first kappa shape index (κ1) is 13.9. The molecule has 1 N–H and O–H groups in total. The van der Waals surface area contributed by atoms with Gasteiger partial charge in [-0.3, -0.25) is 4.79 Å². The highest BCUT2D eigenvalue weighted by Gasteiger charge is 2.22. The topological polar surface area (TPSA) is 32.3 Å². The first-order chi connectivity index (χ1) is 9.16. The summed E-state index contributed by atoms with van der Waals surface area (Å²) in [6.45, 7) is 2.66. The van der Waals surface area contributed by atoms with Crippen molar-refractivity contribution >= 4 is 11.6 Å². The molecule has 0 saturated heterocycles. The Morgan fingerprint density at radius 1 is 1.26 bits per heavy atom. The summed E-state index contributed by atoms with van der Waals surface area (Å²) in [6.07, 6.45) is 4.91.